The van der Waals surface area contributed by atoms with Crippen molar-refractivity contribution < 1.29 is 22.4 Å². The molecule has 4 rings (SSSR count). The van der Waals surface area contributed by atoms with Crippen LogP contribution in [0.5, 0.6) is 0 Å². The lowest BCUT2D eigenvalue weighted by Gasteiger charge is -2.26. The molecule has 3 aromatic rings. The lowest BCUT2D eigenvalue weighted by Crippen LogP contribution is -2.45. The van der Waals surface area contributed by atoms with Crippen molar-refractivity contribution in [3.05, 3.63) is 83.8 Å². The number of para-hydroxylation sites is 1. The number of carbonyl (C=O) groups is 2. The first-order valence-electron chi connectivity index (χ1n) is 9.09. The highest BCUT2D eigenvalue weighted by atomic mass is 35.5. The Bertz CT molecular complexity index is 1160. The molecule has 2 heterocycles. The highest BCUT2D eigenvalue weighted by molar-refractivity contribution is 7.89. The van der Waals surface area contributed by atoms with Crippen LogP contribution in [-0.4, -0.2) is 30.6 Å². The van der Waals surface area contributed by atoms with Crippen LogP contribution in [0.25, 0.3) is 0 Å². The minimum atomic E-state index is -4.12. The van der Waals surface area contributed by atoms with Gasteiger partial charge in [-0.05, 0) is 48.5 Å². The van der Waals surface area contributed by atoms with Gasteiger partial charge < -0.3 is 4.42 Å². The molecule has 1 aliphatic rings. The molecule has 1 atom stereocenters. The highest BCUT2D eigenvalue weighted by Crippen LogP contribution is 2.31. The summed E-state index contributed by atoms with van der Waals surface area (Å²) in [5.74, 6) is -0.715. The summed E-state index contributed by atoms with van der Waals surface area (Å²) in [6.45, 7) is -0.190. The van der Waals surface area contributed by atoms with Gasteiger partial charge in [-0.15, -0.1) is 0 Å². The number of sulfonamides is 1. The Morgan fingerprint density at radius 3 is 2.33 bits per heavy atom. The van der Waals surface area contributed by atoms with E-state index >= 15 is 0 Å². The van der Waals surface area contributed by atoms with E-state index < -0.39 is 27.9 Å². The fraction of sp³-hybridized carbons (Fsp3) is 0.143. The van der Waals surface area contributed by atoms with E-state index in [0.717, 1.165) is 9.21 Å². The molecule has 1 saturated heterocycles. The first-order chi connectivity index (χ1) is 14.4. The number of nitrogens with zero attached hydrogens (tertiary/aromatic N) is 2. The third kappa shape index (κ3) is 3.77. The van der Waals surface area contributed by atoms with Crippen LogP contribution >= 0.6 is 11.6 Å². The van der Waals surface area contributed by atoms with Crippen molar-refractivity contribution in [2.75, 3.05) is 4.90 Å². The van der Waals surface area contributed by atoms with Gasteiger partial charge in [0, 0.05) is 5.02 Å². The predicted molar refractivity (Wildman–Crippen MR) is 110 cm³/mol. The molecule has 30 heavy (non-hydrogen) atoms. The average molecular weight is 445 g/mol. The van der Waals surface area contributed by atoms with E-state index in [-0.39, 0.29) is 17.9 Å². The molecule has 0 bridgehead atoms. The van der Waals surface area contributed by atoms with Crippen LogP contribution < -0.4 is 4.90 Å². The van der Waals surface area contributed by atoms with Crippen LogP contribution in [0.15, 0.2) is 82.3 Å². The topological polar surface area (TPSA) is 87.9 Å². The number of hydrogen-bond acceptors (Lipinski definition) is 5. The summed E-state index contributed by atoms with van der Waals surface area (Å²) in [4.78, 5) is 26.8. The van der Waals surface area contributed by atoms with E-state index in [1.807, 2.05) is 0 Å². The van der Waals surface area contributed by atoms with Gasteiger partial charge in [0.25, 0.3) is 5.91 Å². The van der Waals surface area contributed by atoms with Crippen molar-refractivity contribution in [1.82, 2.24) is 4.31 Å². The number of furan rings is 1. The summed E-state index contributed by atoms with van der Waals surface area (Å²) in [6.07, 6.45) is 1.15. The number of imide groups is 1. The number of benzene rings is 2. The van der Waals surface area contributed by atoms with Crippen molar-refractivity contribution in [3.63, 3.8) is 0 Å². The van der Waals surface area contributed by atoms with Crippen molar-refractivity contribution in [2.24, 2.45) is 0 Å². The standard InChI is InChI=1S/C21H17ClN2O5S/c22-15-8-10-18(11-9-15)30(27,28)23(14-17-7-4-12-29-17)19-13-20(25)24(21(19)26)16-5-2-1-3-6-16/h1-12,19H,13-14H2. The molecule has 2 amide bonds. The minimum absolute atomic E-state index is 0.0307. The van der Waals surface area contributed by atoms with Gasteiger partial charge in [-0.3, -0.25) is 9.59 Å². The van der Waals surface area contributed by atoms with E-state index in [0.29, 0.717) is 16.5 Å². The third-order valence-corrected chi connectivity index (χ3v) is 6.92. The zero-order valence-corrected chi connectivity index (χ0v) is 17.2. The van der Waals surface area contributed by atoms with Gasteiger partial charge in [0.15, 0.2) is 0 Å². The summed E-state index contributed by atoms with van der Waals surface area (Å²) in [7, 11) is -4.12. The quantitative estimate of drug-likeness (QED) is 0.543. The number of anilines is 1. The van der Waals surface area contributed by atoms with Gasteiger partial charge in [0.2, 0.25) is 15.9 Å². The summed E-state index contributed by atoms with van der Waals surface area (Å²) in [6, 6.07) is 16.1. The van der Waals surface area contributed by atoms with Crippen LogP contribution in [0.2, 0.25) is 5.02 Å². The van der Waals surface area contributed by atoms with E-state index in [4.69, 9.17) is 16.0 Å². The summed E-state index contributed by atoms with van der Waals surface area (Å²) in [5.41, 5.74) is 0.400. The van der Waals surface area contributed by atoms with E-state index in [9.17, 15) is 18.0 Å². The minimum Gasteiger partial charge on any atom is -0.468 e. The van der Waals surface area contributed by atoms with Gasteiger partial charge >= 0.3 is 0 Å². The molecule has 2 aromatic carbocycles. The van der Waals surface area contributed by atoms with Crippen LogP contribution in [0.4, 0.5) is 5.69 Å². The maximum absolute atomic E-state index is 13.4. The zero-order chi connectivity index (χ0) is 21.3. The summed E-state index contributed by atoms with van der Waals surface area (Å²) >= 11 is 5.88. The van der Waals surface area contributed by atoms with Gasteiger partial charge in [-0.25, -0.2) is 13.3 Å². The molecule has 0 spiro atoms. The molecule has 0 N–H and O–H groups in total. The van der Waals surface area contributed by atoms with Gasteiger partial charge in [0.1, 0.15) is 11.8 Å². The monoisotopic (exact) mass is 444 g/mol. The normalized spacial score (nSPS) is 17.1. The van der Waals surface area contributed by atoms with Crippen molar-refractivity contribution in [2.45, 2.75) is 23.9 Å². The third-order valence-electron chi connectivity index (χ3n) is 4.80. The van der Waals surface area contributed by atoms with Crippen LogP contribution in [0.1, 0.15) is 12.2 Å². The molecular formula is C21H17ClN2O5S. The maximum atomic E-state index is 13.4. The van der Waals surface area contributed by atoms with Crippen LogP contribution in [0.3, 0.4) is 0 Å². The zero-order valence-electron chi connectivity index (χ0n) is 15.6. The predicted octanol–water partition coefficient (Wildman–Crippen LogP) is 3.46. The highest BCUT2D eigenvalue weighted by Gasteiger charge is 2.47. The Morgan fingerprint density at radius 2 is 1.70 bits per heavy atom. The average Bonchev–Trinajstić information content (AvgIpc) is 3.34. The maximum Gasteiger partial charge on any atom is 0.252 e. The van der Waals surface area contributed by atoms with Crippen LogP contribution in [0, 0.1) is 0 Å². The first kappa shape index (κ1) is 20.3. The molecule has 154 valence electrons. The molecule has 1 aliphatic heterocycles. The van der Waals surface area contributed by atoms with E-state index in [2.05, 4.69) is 0 Å². The van der Waals surface area contributed by atoms with E-state index in [1.54, 1.807) is 42.5 Å². The van der Waals surface area contributed by atoms with Gasteiger partial charge in [0.05, 0.1) is 29.8 Å². The lowest BCUT2D eigenvalue weighted by molar-refractivity contribution is -0.122. The molecule has 1 unspecified atom stereocenters. The Morgan fingerprint density at radius 1 is 1.00 bits per heavy atom. The second kappa shape index (κ2) is 8.06. The SMILES string of the molecule is O=C1CC(N(Cc2ccco2)S(=O)(=O)c2ccc(Cl)cc2)C(=O)N1c1ccccc1. The molecule has 1 fully saturated rings. The van der Waals surface area contributed by atoms with Gasteiger partial charge in [-0.1, -0.05) is 29.8 Å². The second-order valence-corrected chi connectivity index (χ2v) is 9.03. The molecule has 1 aromatic heterocycles. The smallest absolute Gasteiger partial charge is 0.252 e. The van der Waals surface area contributed by atoms with Gasteiger partial charge in [-0.2, -0.15) is 4.31 Å². The largest absolute Gasteiger partial charge is 0.468 e. The van der Waals surface area contributed by atoms with Crippen molar-refractivity contribution in [3.8, 4) is 0 Å². The number of carbonyl (C=O) groups excluding carboxylic acids is 2. The number of halogens is 1. The molecule has 0 aliphatic carbocycles. The Labute approximate surface area is 178 Å². The molecule has 0 radical (unpaired) electrons. The number of hydrogen-bond donors (Lipinski definition) is 0. The number of amides is 2. The first-order valence-corrected chi connectivity index (χ1v) is 10.9. The summed E-state index contributed by atoms with van der Waals surface area (Å²) < 4.78 is 33.1. The van der Waals surface area contributed by atoms with E-state index in [1.165, 1.54) is 30.5 Å². The molecule has 9 heteroatoms. The van der Waals surface area contributed by atoms with Crippen molar-refractivity contribution in [1.29, 1.82) is 0 Å². The van der Waals surface area contributed by atoms with Crippen molar-refractivity contribution >= 4 is 39.1 Å². The molecule has 7 nitrogen and oxygen atoms in total. The Hall–Kier alpha value is -2.94. The molecule has 0 saturated carbocycles. The Balaban J connectivity index is 1.74. The fourth-order valence-electron chi connectivity index (χ4n) is 3.35. The van der Waals surface area contributed by atoms with Crippen LogP contribution in [-0.2, 0) is 26.2 Å². The number of rotatable bonds is 6. The second-order valence-electron chi connectivity index (χ2n) is 6.71. The lowest BCUT2D eigenvalue weighted by atomic mass is 10.2. The Kier molecular flexibility index (Phi) is 5.46. The fourth-order valence-corrected chi connectivity index (χ4v) is 5.02. The molecular weight excluding hydrogens is 428 g/mol. The summed E-state index contributed by atoms with van der Waals surface area (Å²) in [5, 5.41) is 0.383.